The molecule has 2 aromatic rings. The van der Waals surface area contributed by atoms with Crippen LogP contribution in [0.5, 0.6) is 0 Å². The highest BCUT2D eigenvalue weighted by Gasteiger charge is 2.13. The Kier molecular flexibility index (Phi) is 5.94. The molecule has 0 radical (unpaired) electrons. The fourth-order valence-electron chi connectivity index (χ4n) is 2.78. The second kappa shape index (κ2) is 7.93. The van der Waals surface area contributed by atoms with Crippen molar-refractivity contribution in [2.24, 2.45) is 5.73 Å². The van der Waals surface area contributed by atoms with Crippen molar-refractivity contribution in [1.29, 1.82) is 0 Å². The van der Waals surface area contributed by atoms with Crippen molar-refractivity contribution >= 4 is 5.97 Å². The van der Waals surface area contributed by atoms with Crippen LogP contribution in [0.15, 0.2) is 42.5 Å². The number of carbonyl (C=O) groups excluding carboxylic acids is 1. The summed E-state index contributed by atoms with van der Waals surface area (Å²) in [4.78, 5) is 11.6. The molecular weight excluding hydrogens is 286 g/mol. The molecule has 2 N–H and O–H groups in total. The smallest absolute Gasteiger partial charge is 0.307 e. The number of ether oxygens (including phenoxy) is 1. The van der Waals surface area contributed by atoms with Crippen LogP contribution in [0.2, 0.25) is 0 Å². The van der Waals surface area contributed by atoms with Gasteiger partial charge in [0, 0.05) is 6.04 Å². The summed E-state index contributed by atoms with van der Waals surface area (Å²) >= 11 is 0. The minimum atomic E-state index is -0.327. The maximum absolute atomic E-state index is 11.6. The Morgan fingerprint density at radius 3 is 2.43 bits per heavy atom. The lowest BCUT2D eigenvalue weighted by Crippen LogP contribution is -2.17. The van der Waals surface area contributed by atoms with Gasteiger partial charge in [-0.2, -0.15) is 0 Å². The van der Waals surface area contributed by atoms with Crippen LogP contribution < -0.4 is 5.73 Å². The van der Waals surface area contributed by atoms with Gasteiger partial charge in [0.05, 0.1) is 13.0 Å². The summed E-state index contributed by atoms with van der Waals surface area (Å²) in [5, 5.41) is 0. The third-order valence-electron chi connectivity index (χ3n) is 4.10. The predicted octanol–water partition coefficient (Wildman–Crippen LogP) is 3.85. The molecule has 0 amide bonds. The quantitative estimate of drug-likeness (QED) is 0.824. The van der Waals surface area contributed by atoms with Crippen molar-refractivity contribution < 1.29 is 9.53 Å². The predicted molar refractivity (Wildman–Crippen MR) is 93.3 cm³/mol. The molecule has 0 spiro atoms. The summed E-state index contributed by atoms with van der Waals surface area (Å²) < 4.78 is 4.97. The van der Waals surface area contributed by atoms with Crippen molar-refractivity contribution in [1.82, 2.24) is 0 Å². The van der Waals surface area contributed by atoms with Gasteiger partial charge in [0.25, 0.3) is 0 Å². The fourth-order valence-corrected chi connectivity index (χ4v) is 2.78. The van der Waals surface area contributed by atoms with Crippen molar-refractivity contribution in [3.63, 3.8) is 0 Å². The van der Waals surface area contributed by atoms with Gasteiger partial charge >= 0.3 is 5.97 Å². The molecule has 0 heterocycles. The topological polar surface area (TPSA) is 52.3 Å². The lowest BCUT2D eigenvalue weighted by Gasteiger charge is -2.14. The van der Waals surface area contributed by atoms with E-state index in [2.05, 4.69) is 44.2 Å². The Balaban J connectivity index is 2.15. The van der Waals surface area contributed by atoms with E-state index in [0.717, 1.165) is 12.0 Å². The van der Waals surface area contributed by atoms with E-state index in [1.165, 1.54) is 22.3 Å². The second-order valence-electron chi connectivity index (χ2n) is 5.91. The molecule has 0 aliphatic carbocycles. The summed E-state index contributed by atoms with van der Waals surface area (Å²) in [6.45, 7) is 6.46. The fraction of sp³-hybridized carbons (Fsp3) is 0.350. The molecule has 122 valence electrons. The summed E-state index contributed by atoms with van der Waals surface area (Å²) in [6.07, 6.45) is 1.08. The van der Waals surface area contributed by atoms with Gasteiger partial charge in [-0.1, -0.05) is 42.5 Å². The molecule has 0 saturated heterocycles. The lowest BCUT2D eigenvalue weighted by atomic mass is 9.94. The first-order chi connectivity index (χ1) is 11.0. The standard InChI is InChI=1S/C20H25NO2/c1-4-23-20(22)13-19(21)17-10-6-9-16(11-17)12-18-14(2)7-5-8-15(18)3/h5-11,19H,4,12-13,21H2,1-3H3/t19-/m0/s1. The van der Waals surface area contributed by atoms with Crippen LogP contribution in [0.3, 0.4) is 0 Å². The molecule has 2 rings (SSSR count). The van der Waals surface area contributed by atoms with Crippen molar-refractivity contribution in [2.75, 3.05) is 6.61 Å². The monoisotopic (exact) mass is 311 g/mol. The molecular formula is C20H25NO2. The van der Waals surface area contributed by atoms with E-state index < -0.39 is 0 Å². The van der Waals surface area contributed by atoms with Crippen LogP contribution in [-0.4, -0.2) is 12.6 Å². The zero-order valence-corrected chi connectivity index (χ0v) is 14.1. The number of carbonyl (C=O) groups is 1. The summed E-state index contributed by atoms with van der Waals surface area (Å²) in [5.74, 6) is -0.250. The third kappa shape index (κ3) is 4.67. The Morgan fingerprint density at radius 1 is 1.13 bits per heavy atom. The molecule has 0 fully saturated rings. The zero-order chi connectivity index (χ0) is 16.8. The lowest BCUT2D eigenvalue weighted by molar-refractivity contribution is -0.143. The average Bonchev–Trinajstić information content (AvgIpc) is 2.51. The first-order valence-electron chi connectivity index (χ1n) is 8.06. The van der Waals surface area contributed by atoms with Gasteiger partial charge in [-0.15, -0.1) is 0 Å². The summed E-state index contributed by atoms with van der Waals surface area (Å²) in [7, 11) is 0. The SMILES string of the molecule is CCOC(=O)C[C@H](N)c1cccc(Cc2c(C)cccc2C)c1. The van der Waals surface area contributed by atoms with Gasteiger partial charge in [-0.05, 0) is 55.0 Å². The second-order valence-corrected chi connectivity index (χ2v) is 5.91. The number of nitrogens with two attached hydrogens (primary N) is 1. The van der Waals surface area contributed by atoms with Crippen LogP contribution in [0.25, 0.3) is 0 Å². The highest BCUT2D eigenvalue weighted by molar-refractivity contribution is 5.70. The number of aryl methyl sites for hydroxylation is 2. The largest absolute Gasteiger partial charge is 0.466 e. The van der Waals surface area contributed by atoms with Crippen LogP contribution >= 0.6 is 0 Å². The van der Waals surface area contributed by atoms with E-state index in [4.69, 9.17) is 10.5 Å². The van der Waals surface area contributed by atoms with E-state index in [-0.39, 0.29) is 18.4 Å². The van der Waals surface area contributed by atoms with E-state index >= 15 is 0 Å². The first-order valence-corrected chi connectivity index (χ1v) is 8.06. The van der Waals surface area contributed by atoms with E-state index in [0.29, 0.717) is 6.61 Å². The van der Waals surface area contributed by atoms with Gasteiger partial charge in [-0.25, -0.2) is 0 Å². The highest BCUT2D eigenvalue weighted by atomic mass is 16.5. The van der Waals surface area contributed by atoms with E-state index in [1.807, 2.05) is 12.1 Å². The Morgan fingerprint density at radius 2 is 1.78 bits per heavy atom. The molecule has 0 aromatic heterocycles. The van der Waals surface area contributed by atoms with Crippen LogP contribution in [0.4, 0.5) is 0 Å². The minimum absolute atomic E-state index is 0.209. The third-order valence-corrected chi connectivity index (χ3v) is 4.10. The van der Waals surface area contributed by atoms with E-state index in [9.17, 15) is 4.79 Å². The van der Waals surface area contributed by atoms with Crippen molar-refractivity contribution in [2.45, 2.75) is 39.7 Å². The average molecular weight is 311 g/mol. The molecule has 23 heavy (non-hydrogen) atoms. The molecule has 0 saturated carbocycles. The van der Waals surface area contributed by atoms with Crippen LogP contribution in [-0.2, 0) is 16.0 Å². The number of hydrogen-bond donors (Lipinski definition) is 1. The molecule has 0 aliphatic rings. The molecule has 3 nitrogen and oxygen atoms in total. The summed E-state index contributed by atoms with van der Waals surface area (Å²) in [6, 6.07) is 14.2. The Hall–Kier alpha value is -2.13. The number of rotatable bonds is 6. The van der Waals surface area contributed by atoms with Gasteiger partial charge in [0.15, 0.2) is 0 Å². The first kappa shape index (κ1) is 17.2. The van der Waals surface area contributed by atoms with Gasteiger partial charge < -0.3 is 10.5 Å². The van der Waals surface area contributed by atoms with Crippen molar-refractivity contribution in [3.05, 3.63) is 70.3 Å². The van der Waals surface area contributed by atoms with E-state index in [1.54, 1.807) is 6.92 Å². The van der Waals surface area contributed by atoms with Crippen LogP contribution in [0.1, 0.15) is 47.2 Å². The summed E-state index contributed by atoms with van der Waals surface area (Å²) in [5.41, 5.74) is 12.3. The Bertz CT molecular complexity index is 659. The molecule has 2 aromatic carbocycles. The van der Waals surface area contributed by atoms with Crippen LogP contribution in [0, 0.1) is 13.8 Å². The molecule has 0 aliphatic heterocycles. The maximum atomic E-state index is 11.6. The van der Waals surface area contributed by atoms with Gasteiger partial charge in [0.2, 0.25) is 0 Å². The molecule has 1 atom stereocenters. The zero-order valence-electron chi connectivity index (χ0n) is 14.1. The molecule has 3 heteroatoms. The maximum Gasteiger partial charge on any atom is 0.307 e. The minimum Gasteiger partial charge on any atom is -0.466 e. The molecule has 0 unspecified atom stereocenters. The van der Waals surface area contributed by atoms with Crippen molar-refractivity contribution in [3.8, 4) is 0 Å². The number of esters is 1. The number of hydrogen-bond acceptors (Lipinski definition) is 3. The normalized spacial score (nSPS) is 12.0. The number of benzene rings is 2. The molecule has 0 bridgehead atoms. The van der Waals surface area contributed by atoms with Gasteiger partial charge in [-0.3, -0.25) is 4.79 Å². The van der Waals surface area contributed by atoms with Gasteiger partial charge in [0.1, 0.15) is 0 Å². The Labute approximate surface area is 138 Å². The highest BCUT2D eigenvalue weighted by Crippen LogP contribution is 2.21.